The summed E-state index contributed by atoms with van der Waals surface area (Å²) < 4.78 is 3.34. The van der Waals surface area contributed by atoms with E-state index in [0.29, 0.717) is 28.2 Å². The van der Waals surface area contributed by atoms with E-state index in [4.69, 9.17) is 16.7 Å². The Morgan fingerprint density at radius 3 is 2.56 bits per heavy atom. The smallest absolute Gasteiger partial charge is 0.333 e. The van der Waals surface area contributed by atoms with Gasteiger partial charge in [-0.05, 0) is 48.2 Å². The predicted octanol–water partition coefficient (Wildman–Crippen LogP) is 3.50. The van der Waals surface area contributed by atoms with Gasteiger partial charge in [-0.3, -0.25) is 18.7 Å². The first kappa shape index (κ1) is 22.0. The quantitative estimate of drug-likeness (QED) is 0.468. The Balaban J connectivity index is 2.00. The molecule has 0 bridgehead atoms. The molecule has 0 aliphatic rings. The van der Waals surface area contributed by atoms with Gasteiger partial charge in [0.05, 0.1) is 29.7 Å². The molecule has 1 aromatic carbocycles. The van der Waals surface area contributed by atoms with Crippen LogP contribution in [0.5, 0.6) is 0 Å². The number of aliphatic hydroxyl groups excluding tert-OH is 1. The molecule has 0 radical (unpaired) electrons. The van der Waals surface area contributed by atoms with Crippen molar-refractivity contribution in [2.24, 2.45) is 0 Å². The first-order valence-corrected chi connectivity index (χ1v) is 10.9. The molecule has 0 spiro atoms. The second kappa shape index (κ2) is 8.76. The molecule has 0 aliphatic carbocycles. The fourth-order valence-corrected chi connectivity index (χ4v) is 4.16. The Bertz CT molecular complexity index is 1370. The van der Waals surface area contributed by atoms with E-state index in [0.717, 1.165) is 22.3 Å². The second-order valence-corrected chi connectivity index (χ2v) is 8.56. The molecule has 2 N–H and O–H groups in total. The van der Waals surface area contributed by atoms with E-state index in [1.54, 1.807) is 27.2 Å². The zero-order valence-corrected chi connectivity index (χ0v) is 19.0. The molecule has 3 aromatic heterocycles. The number of halogens is 1. The number of nitrogens with one attached hydrogen (secondary N) is 1. The van der Waals surface area contributed by atoms with E-state index < -0.39 is 0 Å². The monoisotopic (exact) mass is 452 g/mol. The van der Waals surface area contributed by atoms with E-state index in [1.165, 1.54) is 6.20 Å². The molecule has 0 atom stereocenters. The number of aromatic nitrogens is 3. The van der Waals surface area contributed by atoms with Crippen molar-refractivity contribution in [1.82, 2.24) is 19.3 Å². The standard InChI is InChI=1S/C24H25ClN4O3/c1-14(2)19-11-21-22-20(10-17(12-27-22)23(31)26-8-9-30)28(24(32)29(21)15(19)3)13-16-4-6-18(25)7-5-16/h4-7,10-12,14,30H,8-9,13H2,1-3H3,(H,26,31). The van der Waals surface area contributed by atoms with Crippen molar-refractivity contribution in [1.29, 1.82) is 0 Å². The first-order valence-electron chi connectivity index (χ1n) is 10.5. The highest BCUT2D eigenvalue weighted by Gasteiger charge is 2.19. The zero-order valence-electron chi connectivity index (χ0n) is 18.2. The normalized spacial score (nSPS) is 11.6. The minimum absolute atomic E-state index is 0.142. The molecule has 0 unspecified atom stereocenters. The minimum atomic E-state index is -0.353. The van der Waals surface area contributed by atoms with E-state index in [2.05, 4.69) is 24.1 Å². The van der Waals surface area contributed by atoms with E-state index >= 15 is 0 Å². The lowest BCUT2D eigenvalue weighted by molar-refractivity contribution is 0.0944. The second-order valence-electron chi connectivity index (χ2n) is 8.13. The maximum atomic E-state index is 13.7. The van der Waals surface area contributed by atoms with E-state index in [1.807, 2.05) is 25.1 Å². The summed E-state index contributed by atoms with van der Waals surface area (Å²) in [6, 6.07) is 11.0. The van der Waals surface area contributed by atoms with Crippen LogP contribution in [0.25, 0.3) is 16.6 Å². The molecule has 4 aromatic rings. The topological polar surface area (TPSA) is 88.6 Å². The van der Waals surface area contributed by atoms with Crippen molar-refractivity contribution in [2.45, 2.75) is 33.2 Å². The third-order valence-corrected chi connectivity index (χ3v) is 5.90. The molecule has 8 heteroatoms. The van der Waals surface area contributed by atoms with Crippen molar-refractivity contribution in [3.05, 3.63) is 80.5 Å². The Morgan fingerprint density at radius 1 is 1.19 bits per heavy atom. The van der Waals surface area contributed by atoms with Crippen LogP contribution in [-0.4, -0.2) is 38.1 Å². The van der Waals surface area contributed by atoms with Crippen LogP contribution in [0.15, 0.2) is 47.4 Å². The Morgan fingerprint density at radius 2 is 1.91 bits per heavy atom. The average molecular weight is 453 g/mol. The SMILES string of the molecule is Cc1c(C(C)C)cc2c3ncc(C(=O)NCCO)cc3n(Cc3ccc(Cl)cc3)c(=O)n12. The van der Waals surface area contributed by atoms with Crippen LogP contribution < -0.4 is 11.0 Å². The van der Waals surface area contributed by atoms with Crippen LogP contribution in [-0.2, 0) is 6.54 Å². The summed E-state index contributed by atoms with van der Waals surface area (Å²) in [6.45, 7) is 6.42. The summed E-state index contributed by atoms with van der Waals surface area (Å²) in [5.41, 5.74) is 4.95. The van der Waals surface area contributed by atoms with Crippen molar-refractivity contribution >= 4 is 34.1 Å². The van der Waals surface area contributed by atoms with Crippen LogP contribution in [0.4, 0.5) is 0 Å². The number of benzene rings is 1. The number of hydrogen-bond acceptors (Lipinski definition) is 4. The number of carbonyl (C=O) groups is 1. The summed E-state index contributed by atoms with van der Waals surface area (Å²) in [5.74, 6) is -0.106. The number of fused-ring (bicyclic) bond motifs is 3. The summed E-state index contributed by atoms with van der Waals surface area (Å²) in [4.78, 5) is 30.7. The number of carbonyl (C=O) groups excluding carboxylic acids is 1. The molecule has 0 saturated heterocycles. The number of aryl methyl sites for hydroxylation is 1. The molecule has 3 heterocycles. The van der Waals surface area contributed by atoms with Gasteiger partial charge in [0.25, 0.3) is 5.91 Å². The van der Waals surface area contributed by atoms with Gasteiger partial charge in [0.2, 0.25) is 0 Å². The van der Waals surface area contributed by atoms with Gasteiger partial charge in [-0.1, -0.05) is 37.6 Å². The third-order valence-electron chi connectivity index (χ3n) is 5.64. The molecule has 0 fully saturated rings. The lowest BCUT2D eigenvalue weighted by atomic mass is 10.0. The van der Waals surface area contributed by atoms with Crippen molar-refractivity contribution < 1.29 is 9.90 Å². The highest BCUT2D eigenvalue weighted by Crippen LogP contribution is 2.27. The minimum Gasteiger partial charge on any atom is -0.395 e. The van der Waals surface area contributed by atoms with Crippen LogP contribution in [0.1, 0.15) is 46.9 Å². The number of amides is 1. The van der Waals surface area contributed by atoms with E-state index in [9.17, 15) is 9.59 Å². The molecule has 0 saturated carbocycles. The van der Waals surface area contributed by atoms with Gasteiger partial charge in [-0.2, -0.15) is 0 Å². The summed E-state index contributed by atoms with van der Waals surface area (Å²) >= 11 is 6.02. The number of pyridine rings is 1. The first-order chi connectivity index (χ1) is 15.3. The Labute approximate surface area is 190 Å². The van der Waals surface area contributed by atoms with Crippen LogP contribution in [0.3, 0.4) is 0 Å². The van der Waals surface area contributed by atoms with Gasteiger partial charge in [0.1, 0.15) is 5.52 Å². The van der Waals surface area contributed by atoms with Gasteiger partial charge < -0.3 is 10.4 Å². The van der Waals surface area contributed by atoms with Crippen LogP contribution in [0, 0.1) is 6.92 Å². The molecule has 0 aliphatic heterocycles. The van der Waals surface area contributed by atoms with Gasteiger partial charge in [-0.15, -0.1) is 0 Å². The number of aliphatic hydroxyl groups is 1. The maximum Gasteiger partial charge on any atom is 0.333 e. The molecular formula is C24H25ClN4O3. The van der Waals surface area contributed by atoms with Gasteiger partial charge in [0, 0.05) is 23.5 Å². The number of rotatable bonds is 6. The van der Waals surface area contributed by atoms with Crippen molar-refractivity contribution in [3.63, 3.8) is 0 Å². The van der Waals surface area contributed by atoms with Crippen molar-refractivity contribution in [3.8, 4) is 0 Å². The molecule has 4 rings (SSSR count). The number of hydrogen-bond donors (Lipinski definition) is 2. The third kappa shape index (κ3) is 3.89. The van der Waals surface area contributed by atoms with Crippen LogP contribution in [0.2, 0.25) is 5.02 Å². The summed E-state index contributed by atoms with van der Waals surface area (Å²) in [5, 5.41) is 12.3. The zero-order chi connectivity index (χ0) is 23.0. The Hall–Kier alpha value is -3.16. The molecule has 166 valence electrons. The summed E-state index contributed by atoms with van der Waals surface area (Å²) in [7, 11) is 0. The van der Waals surface area contributed by atoms with Gasteiger partial charge >= 0.3 is 5.69 Å². The fraction of sp³-hybridized carbons (Fsp3) is 0.292. The summed E-state index contributed by atoms with van der Waals surface area (Å²) in [6.07, 6.45) is 1.50. The Kier molecular flexibility index (Phi) is 6.04. The highest BCUT2D eigenvalue weighted by molar-refractivity contribution is 6.30. The predicted molar refractivity (Wildman–Crippen MR) is 126 cm³/mol. The lowest BCUT2D eigenvalue weighted by Gasteiger charge is -2.14. The molecule has 1 amide bonds. The van der Waals surface area contributed by atoms with Crippen LogP contribution >= 0.6 is 11.6 Å². The molecule has 32 heavy (non-hydrogen) atoms. The fourth-order valence-electron chi connectivity index (χ4n) is 4.03. The van der Waals surface area contributed by atoms with Gasteiger partial charge in [0.15, 0.2) is 0 Å². The largest absolute Gasteiger partial charge is 0.395 e. The highest BCUT2D eigenvalue weighted by atomic mass is 35.5. The lowest BCUT2D eigenvalue weighted by Crippen LogP contribution is -2.29. The maximum absolute atomic E-state index is 13.7. The average Bonchev–Trinajstić information content (AvgIpc) is 3.13. The van der Waals surface area contributed by atoms with E-state index in [-0.39, 0.29) is 30.7 Å². The van der Waals surface area contributed by atoms with Crippen molar-refractivity contribution in [2.75, 3.05) is 13.2 Å². The molecule has 7 nitrogen and oxygen atoms in total. The molecular weight excluding hydrogens is 428 g/mol. The van der Waals surface area contributed by atoms with Gasteiger partial charge in [-0.25, -0.2) is 4.79 Å². The number of nitrogens with zero attached hydrogens (tertiary/aromatic N) is 3.